The highest BCUT2D eigenvalue weighted by Crippen LogP contribution is 2.65. The Labute approximate surface area is 165 Å². The Morgan fingerprint density at radius 2 is 1.93 bits per heavy atom. The molecule has 3 fully saturated rings. The second kappa shape index (κ2) is 6.77. The van der Waals surface area contributed by atoms with E-state index in [0.717, 1.165) is 16.4 Å². The molecule has 0 unspecified atom stereocenters. The van der Waals surface area contributed by atoms with Crippen LogP contribution in [0.4, 0.5) is 13.2 Å². The maximum absolute atomic E-state index is 14.3. The van der Waals surface area contributed by atoms with Gasteiger partial charge in [0.15, 0.2) is 0 Å². The van der Waals surface area contributed by atoms with Crippen LogP contribution in [0.1, 0.15) is 29.6 Å². The summed E-state index contributed by atoms with van der Waals surface area (Å²) in [6, 6.07) is 1.89. The van der Waals surface area contributed by atoms with E-state index in [-0.39, 0.29) is 23.3 Å². The zero-order chi connectivity index (χ0) is 20.3. The number of nitrogens with zero attached hydrogens (tertiary/aromatic N) is 1. The van der Waals surface area contributed by atoms with E-state index in [1.54, 1.807) is 4.72 Å². The number of carbonyl (C=O) groups is 1. The molecule has 1 aromatic carbocycles. The summed E-state index contributed by atoms with van der Waals surface area (Å²) in [4.78, 5) is 12.1. The molecule has 1 aromatic rings. The van der Waals surface area contributed by atoms with Gasteiger partial charge < -0.3 is 4.74 Å². The maximum atomic E-state index is 14.3. The van der Waals surface area contributed by atoms with E-state index in [0.29, 0.717) is 32.4 Å². The van der Waals surface area contributed by atoms with Gasteiger partial charge in [0.05, 0.1) is 17.2 Å². The summed E-state index contributed by atoms with van der Waals surface area (Å²) in [5, 5.41) is -0.0682. The van der Waals surface area contributed by atoms with Crippen LogP contribution in [-0.2, 0) is 10.2 Å². The molecule has 1 aliphatic heterocycles. The third kappa shape index (κ3) is 3.46. The second-order valence-corrected chi connectivity index (χ2v) is 9.57. The molecular weight excluding hydrogens is 421 g/mol. The van der Waals surface area contributed by atoms with Gasteiger partial charge in [0.2, 0.25) is 0 Å². The number of halogens is 4. The minimum Gasteiger partial charge on any atom is -0.492 e. The van der Waals surface area contributed by atoms with Crippen LogP contribution in [0.2, 0.25) is 5.02 Å². The summed E-state index contributed by atoms with van der Waals surface area (Å²) in [5.74, 6) is -5.94. The van der Waals surface area contributed by atoms with Crippen LogP contribution in [0.15, 0.2) is 12.1 Å². The quantitative estimate of drug-likeness (QED) is 0.741. The average Bonchev–Trinajstić information content (AvgIpc) is 2.91. The Morgan fingerprint density at radius 1 is 1.29 bits per heavy atom. The van der Waals surface area contributed by atoms with E-state index in [4.69, 9.17) is 16.3 Å². The van der Waals surface area contributed by atoms with Gasteiger partial charge in [-0.15, -0.1) is 0 Å². The lowest BCUT2D eigenvalue weighted by atomic mass is 10.0. The summed E-state index contributed by atoms with van der Waals surface area (Å²) in [6.45, 7) is 0.720. The molecule has 0 spiro atoms. The summed E-state index contributed by atoms with van der Waals surface area (Å²) in [5.41, 5.74) is -0.525. The lowest BCUT2D eigenvalue weighted by molar-refractivity contribution is 0.0580. The second-order valence-electron chi connectivity index (χ2n) is 7.49. The van der Waals surface area contributed by atoms with Gasteiger partial charge in [-0.2, -0.15) is 12.7 Å². The zero-order valence-electron chi connectivity index (χ0n) is 14.6. The molecule has 154 valence electrons. The number of amides is 1. The Morgan fingerprint density at radius 3 is 2.50 bits per heavy atom. The normalized spacial score (nSPS) is 28.4. The molecule has 1 N–H and O–H groups in total. The monoisotopic (exact) mass is 438 g/mol. The Bertz CT molecular complexity index is 909. The first kappa shape index (κ1) is 19.8. The van der Waals surface area contributed by atoms with Gasteiger partial charge in [0, 0.05) is 31.0 Å². The van der Waals surface area contributed by atoms with Crippen LogP contribution in [0.25, 0.3) is 0 Å². The van der Waals surface area contributed by atoms with E-state index < -0.39 is 45.3 Å². The molecule has 4 rings (SSSR count). The van der Waals surface area contributed by atoms with Crippen molar-refractivity contribution in [2.75, 3.05) is 19.7 Å². The van der Waals surface area contributed by atoms with Crippen molar-refractivity contribution in [1.29, 1.82) is 0 Å². The largest absolute Gasteiger partial charge is 0.492 e. The first-order valence-corrected chi connectivity index (χ1v) is 10.7. The fourth-order valence-corrected chi connectivity index (χ4v) is 5.27. The van der Waals surface area contributed by atoms with Crippen molar-refractivity contribution in [2.24, 2.45) is 17.8 Å². The summed E-state index contributed by atoms with van der Waals surface area (Å²) >= 11 is 6.03. The third-order valence-electron chi connectivity index (χ3n) is 5.66. The molecular formula is C17H18ClF3N2O4S. The number of fused-ring (bicyclic) bond motifs is 1. The van der Waals surface area contributed by atoms with Crippen LogP contribution < -0.4 is 9.46 Å². The zero-order valence-corrected chi connectivity index (χ0v) is 16.2. The molecule has 1 heterocycles. The molecule has 0 bridgehead atoms. The number of benzene rings is 1. The topological polar surface area (TPSA) is 75.7 Å². The lowest BCUT2D eigenvalue weighted by Gasteiger charge is -2.29. The van der Waals surface area contributed by atoms with E-state index in [1.165, 1.54) is 0 Å². The van der Waals surface area contributed by atoms with Gasteiger partial charge in [-0.1, -0.05) is 11.6 Å². The lowest BCUT2D eigenvalue weighted by Crippen LogP contribution is -2.49. The number of rotatable bonds is 6. The minimum atomic E-state index is -4.01. The number of hydrogen-bond donors (Lipinski definition) is 1. The Kier molecular flexibility index (Phi) is 4.79. The SMILES string of the molecule is O=C(NS(=O)(=O)N1CCC1)c1cc(Cl)c(OC[C@H]2C[C@@H]3[C@H](C2)C3(F)F)cc1F. The number of carbonyl (C=O) groups excluding carboxylic acids is 1. The van der Waals surface area contributed by atoms with Gasteiger partial charge >= 0.3 is 10.2 Å². The molecule has 2 aliphatic carbocycles. The van der Waals surface area contributed by atoms with Crippen molar-refractivity contribution >= 4 is 27.7 Å². The van der Waals surface area contributed by atoms with E-state index in [9.17, 15) is 26.4 Å². The predicted molar refractivity (Wildman–Crippen MR) is 94.1 cm³/mol. The first-order valence-electron chi connectivity index (χ1n) is 8.91. The van der Waals surface area contributed by atoms with Crippen molar-refractivity contribution in [1.82, 2.24) is 9.03 Å². The third-order valence-corrected chi connectivity index (χ3v) is 7.44. The van der Waals surface area contributed by atoms with Gasteiger partial charge in [0.25, 0.3) is 11.8 Å². The first-order chi connectivity index (χ1) is 13.1. The predicted octanol–water partition coefficient (Wildman–Crippen LogP) is 2.83. The van der Waals surface area contributed by atoms with Crippen LogP contribution in [0.5, 0.6) is 5.75 Å². The minimum absolute atomic E-state index is 0.0198. The Balaban J connectivity index is 1.38. The molecule has 28 heavy (non-hydrogen) atoms. The van der Waals surface area contributed by atoms with Crippen LogP contribution in [0.3, 0.4) is 0 Å². The van der Waals surface area contributed by atoms with Crippen LogP contribution in [-0.4, -0.2) is 44.2 Å². The summed E-state index contributed by atoms with van der Waals surface area (Å²) in [7, 11) is -4.01. The fraction of sp³-hybridized carbons (Fsp3) is 0.588. The molecule has 6 nitrogen and oxygen atoms in total. The molecule has 1 saturated heterocycles. The van der Waals surface area contributed by atoms with Crippen LogP contribution in [0, 0.1) is 23.6 Å². The molecule has 3 aliphatic rings. The summed E-state index contributed by atoms with van der Waals surface area (Å²) in [6.07, 6.45) is 1.40. The standard InChI is InChI=1S/C17H18ClF3N2O4S/c18-13-6-10(16(24)22-28(25,26)23-2-1-3-23)14(19)7-15(13)27-8-9-4-11-12(5-9)17(11,20)21/h6-7,9,11-12H,1-5,8H2,(H,22,24)/t9-,11+,12-. The average molecular weight is 439 g/mol. The molecule has 1 amide bonds. The maximum Gasteiger partial charge on any atom is 0.304 e. The van der Waals surface area contributed by atoms with E-state index in [1.807, 2.05) is 0 Å². The fourth-order valence-electron chi connectivity index (χ4n) is 3.84. The highest BCUT2D eigenvalue weighted by molar-refractivity contribution is 7.87. The van der Waals surface area contributed by atoms with Gasteiger partial charge in [0.1, 0.15) is 11.6 Å². The number of hydrogen-bond acceptors (Lipinski definition) is 4. The van der Waals surface area contributed by atoms with Crippen molar-refractivity contribution < 1.29 is 31.1 Å². The molecule has 3 atom stereocenters. The van der Waals surface area contributed by atoms with Crippen molar-refractivity contribution in [3.05, 3.63) is 28.5 Å². The molecule has 2 saturated carbocycles. The number of alkyl halides is 2. The van der Waals surface area contributed by atoms with Crippen molar-refractivity contribution in [3.63, 3.8) is 0 Å². The van der Waals surface area contributed by atoms with E-state index >= 15 is 0 Å². The van der Waals surface area contributed by atoms with Gasteiger partial charge in [-0.3, -0.25) is 4.79 Å². The summed E-state index contributed by atoms with van der Waals surface area (Å²) < 4.78 is 73.0. The molecule has 11 heteroatoms. The van der Waals surface area contributed by atoms with Crippen molar-refractivity contribution in [2.45, 2.75) is 25.2 Å². The van der Waals surface area contributed by atoms with Crippen molar-refractivity contribution in [3.8, 4) is 5.75 Å². The van der Waals surface area contributed by atoms with Gasteiger partial charge in [-0.25, -0.2) is 17.9 Å². The van der Waals surface area contributed by atoms with E-state index in [2.05, 4.69) is 0 Å². The number of nitrogens with one attached hydrogen (secondary N) is 1. The van der Waals surface area contributed by atoms with Gasteiger partial charge in [-0.05, 0) is 31.2 Å². The molecule has 0 aromatic heterocycles. The number of ether oxygens (including phenoxy) is 1. The highest BCUT2D eigenvalue weighted by atomic mass is 35.5. The highest BCUT2D eigenvalue weighted by Gasteiger charge is 2.71. The van der Waals surface area contributed by atoms with Crippen LogP contribution >= 0.6 is 11.6 Å². The molecule has 0 radical (unpaired) electrons. The smallest absolute Gasteiger partial charge is 0.304 e. The Hall–Kier alpha value is -1.52.